The van der Waals surface area contributed by atoms with Crippen molar-refractivity contribution >= 4 is 5.78 Å². The maximum atomic E-state index is 12.1. The van der Waals surface area contributed by atoms with Gasteiger partial charge < -0.3 is 4.74 Å². The topological polar surface area (TPSA) is 26.3 Å². The van der Waals surface area contributed by atoms with Crippen molar-refractivity contribution in [2.24, 2.45) is 11.3 Å². The molecule has 2 nitrogen and oxygen atoms in total. The van der Waals surface area contributed by atoms with Crippen LogP contribution in [0.3, 0.4) is 0 Å². The summed E-state index contributed by atoms with van der Waals surface area (Å²) in [5.41, 5.74) is 1.43. The van der Waals surface area contributed by atoms with Gasteiger partial charge in [0.25, 0.3) is 0 Å². The van der Waals surface area contributed by atoms with E-state index in [-0.39, 0.29) is 23.2 Å². The Bertz CT molecular complexity index is 350. The highest BCUT2D eigenvalue weighted by molar-refractivity contribution is 5.92. The van der Waals surface area contributed by atoms with E-state index in [1.54, 1.807) is 13.2 Å². The quantitative estimate of drug-likeness (QED) is 0.659. The monoisotopic (exact) mass is 250 g/mol. The molecule has 1 aliphatic rings. The molecule has 2 heteroatoms. The van der Waals surface area contributed by atoms with Gasteiger partial charge in [0.1, 0.15) is 0 Å². The molecule has 0 aromatic heterocycles. The molecule has 0 N–H and O–H groups in total. The highest BCUT2D eigenvalue weighted by Crippen LogP contribution is 2.27. The fourth-order valence-electron chi connectivity index (χ4n) is 2.19. The lowest BCUT2D eigenvalue weighted by atomic mass is 9.87. The number of ether oxygens (including phenoxy) is 1. The van der Waals surface area contributed by atoms with E-state index in [0.29, 0.717) is 0 Å². The summed E-state index contributed by atoms with van der Waals surface area (Å²) in [5, 5.41) is 0. The van der Waals surface area contributed by atoms with Gasteiger partial charge in [-0.05, 0) is 37.7 Å². The van der Waals surface area contributed by atoms with Gasteiger partial charge in [-0.15, -0.1) is 0 Å². The number of carbonyl (C=O) groups excluding carboxylic acids is 1. The molecule has 0 aromatic carbocycles. The van der Waals surface area contributed by atoms with Crippen molar-refractivity contribution in [2.45, 2.75) is 53.1 Å². The van der Waals surface area contributed by atoms with Crippen molar-refractivity contribution in [3.05, 3.63) is 23.8 Å². The van der Waals surface area contributed by atoms with Crippen LogP contribution >= 0.6 is 0 Å². The molecule has 102 valence electrons. The van der Waals surface area contributed by atoms with Gasteiger partial charge in [-0.2, -0.15) is 0 Å². The van der Waals surface area contributed by atoms with Crippen LogP contribution in [0, 0.1) is 11.3 Å². The number of hydrogen-bond donors (Lipinski definition) is 0. The van der Waals surface area contributed by atoms with Crippen molar-refractivity contribution in [2.75, 3.05) is 7.11 Å². The largest absolute Gasteiger partial charge is 0.381 e. The van der Waals surface area contributed by atoms with Crippen LogP contribution in [-0.4, -0.2) is 19.0 Å². The van der Waals surface area contributed by atoms with Crippen molar-refractivity contribution in [3.8, 4) is 0 Å². The Kier molecular flexibility index (Phi) is 5.33. The number of hydrogen-bond acceptors (Lipinski definition) is 2. The van der Waals surface area contributed by atoms with Gasteiger partial charge >= 0.3 is 0 Å². The molecule has 0 fully saturated rings. The third-order valence-electron chi connectivity index (χ3n) is 3.81. The van der Waals surface area contributed by atoms with Crippen molar-refractivity contribution < 1.29 is 9.53 Å². The van der Waals surface area contributed by atoms with Crippen LogP contribution in [0.4, 0.5) is 0 Å². The minimum Gasteiger partial charge on any atom is -0.381 e. The van der Waals surface area contributed by atoms with Gasteiger partial charge in [0.2, 0.25) is 0 Å². The number of carbonyl (C=O) groups is 1. The second-order valence-electron chi connectivity index (χ2n) is 6.08. The molecule has 1 rings (SSSR count). The summed E-state index contributed by atoms with van der Waals surface area (Å²) in [5.74, 6) is 0.113. The normalized spacial score (nSPS) is 34.3. The van der Waals surface area contributed by atoms with Gasteiger partial charge in [-0.25, -0.2) is 0 Å². The van der Waals surface area contributed by atoms with Crippen molar-refractivity contribution in [1.29, 1.82) is 0 Å². The Labute approximate surface area is 111 Å². The molecule has 0 amide bonds. The zero-order valence-corrected chi connectivity index (χ0v) is 12.3. The van der Waals surface area contributed by atoms with E-state index < -0.39 is 0 Å². The van der Waals surface area contributed by atoms with Gasteiger partial charge in [0.15, 0.2) is 5.78 Å². The summed E-state index contributed by atoms with van der Waals surface area (Å²) in [4.78, 5) is 12.1. The summed E-state index contributed by atoms with van der Waals surface area (Å²) in [6.45, 7) is 8.45. The van der Waals surface area contributed by atoms with Gasteiger partial charge in [0, 0.05) is 13.0 Å². The van der Waals surface area contributed by atoms with E-state index >= 15 is 0 Å². The average Bonchev–Trinajstić information content (AvgIpc) is 2.34. The van der Waals surface area contributed by atoms with Gasteiger partial charge in [-0.3, -0.25) is 4.79 Å². The van der Waals surface area contributed by atoms with E-state index in [1.807, 2.05) is 13.0 Å². The van der Waals surface area contributed by atoms with Gasteiger partial charge in [0.05, 0.1) is 6.10 Å². The number of rotatable bonds is 1. The Morgan fingerprint density at radius 1 is 1.39 bits per heavy atom. The second-order valence-corrected chi connectivity index (χ2v) is 6.08. The fourth-order valence-corrected chi connectivity index (χ4v) is 2.19. The summed E-state index contributed by atoms with van der Waals surface area (Å²) < 4.78 is 5.46. The Morgan fingerprint density at radius 3 is 2.67 bits per heavy atom. The van der Waals surface area contributed by atoms with Gasteiger partial charge in [-0.1, -0.05) is 38.5 Å². The van der Waals surface area contributed by atoms with Crippen molar-refractivity contribution in [1.82, 2.24) is 0 Å². The predicted octanol–water partition coefficient (Wildman–Crippen LogP) is 3.92. The molecule has 0 saturated carbocycles. The maximum Gasteiger partial charge on any atom is 0.160 e. The summed E-state index contributed by atoms with van der Waals surface area (Å²) in [6, 6.07) is 0. The molecule has 0 bridgehead atoms. The maximum absolute atomic E-state index is 12.1. The molecule has 0 spiro atoms. The first-order valence-electron chi connectivity index (χ1n) is 6.77. The van der Waals surface area contributed by atoms with Crippen LogP contribution < -0.4 is 0 Å². The number of ketones is 1. The number of methoxy groups -OCH3 is 1. The van der Waals surface area contributed by atoms with Crippen molar-refractivity contribution in [3.63, 3.8) is 0 Å². The lowest BCUT2D eigenvalue weighted by molar-refractivity contribution is -0.121. The van der Waals surface area contributed by atoms with Crippen LogP contribution in [-0.2, 0) is 9.53 Å². The molecular formula is C16H26O2. The van der Waals surface area contributed by atoms with Crippen LogP contribution in [0.15, 0.2) is 23.8 Å². The van der Waals surface area contributed by atoms with Crippen LogP contribution in [0.25, 0.3) is 0 Å². The molecule has 0 aliphatic heterocycles. The Balaban J connectivity index is 2.95. The van der Waals surface area contributed by atoms with E-state index in [9.17, 15) is 4.79 Å². The molecular weight excluding hydrogens is 224 g/mol. The molecule has 18 heavy (non-hydrogen) atoms. The minimum absolute atomic E-state index is 0.0201. The molecule has 0 heterocycles. The molecule has 0 saturated heterocycles. The standard InChI is InChI=1S/C16H26O2/c1-12-6-7-15(18-5)13(2)14(17)9-11-16(3,4)10-8-12/h8-9,11,13,15H,6-7,10H2,1-5H3/b11-9+,12-8-. The SMILES string of the molecule is COC1CC/C(C)=C\CC(C)(C)/C=C/C(=O)C1C. The molecule has 0 aromatic rings. The van der Waals surface area contributed by atoms with Crippen LogP contribution in [0.5, 0.6) is 0 Å². The average molecular weight is 250 g/mol. The van der Waals surface area contributed by atoms with Crippen LogP contribution in [0.2, 0.25) is 0 Å². The first-order valence-corrected chi connectivity index (χ1v) is 6.77. The highest BCUT2D eigenvalue weighted by atomic mass is 16.5. The van der Waals surface area contributed by atoms with E-state index in [1.165, 1.54) is 5.57 Å². The Morgan fingerprint density at radius 2 is 2.06 bits per heavy atom. The molecule has 0 radical (unpaired) electrons. The summed E-state index contributed by atoms with van der Waals surface area (Å²) >= 11 is 0. The lowest BCUT2D eigenvalue weighted by Crippen LogP contribution is -2.26. The summed E-state index contributed by atoms with van der Waals surface area (Å²) in [6.07, 6.45) is 8.99. The van der Waals surface area contributed by atoms with E-state index in [0.717, 1.165) is 19.3 Å². The molecule has 2 atom stereocenters. The smallest absolute Gasteiger partial charge is 0.160 e. The number of allylic oxidation sites excluding steroid dienone is 4. The lowest BCUT2D eigenvalue weighted by Gasteiger charge is -2.20. The summed E-state index contributed by atoms with van der Waals surface area (Å²) in [7, 11) is 1.70. The third kappa shape index (κ3) is 4.41. The zero-order chi connectivity index (χ0) is 13.8. The predicted molar refractivity (Wildman–Crippen MR) is 75.5 cm³/mol. The second kappa shape index (κ2) is 6.33. The molecule has 2 unspecified atom stereocenters. The van der Waals surface area contributed by atoms with E-state index in [4.69, 9.17) is 4.74 Å². The zero-order valence-electron chi connectivity index (χ0n) is 12.3. The fraction of sp³-hybridized carbons (Fsp3) is 0.688. The minimum atomic E-state index is -0.0621. The first kappa shape index (κ1) is 15.2. The Hall–Kier alpha value is -0.890. The van der Waals surface area contributed by atoms with Crippen LogP contribution in [0.1, 0.15) is 47.0 Å². The molecule has 1 aliphatic carbocycles. The highest BCUT2D eigenvalue weighted by Gasteiger charge is 2.23. The third-order valence-corrected chi connectivity index (χ3v) is 3.81. The van der Waals surface area contributed by atoms with E-state index in [2.05, 4.69) is 26.8 Å². The first-order chi connectivity index (χ1) is 8.35.